The van der Waals surface area contributed by atoms with E-state index < -0.39 is 16.1 Å². The molecule has 6 nitrogen and oxygen atoms in total. The number of benzene rings is 2. The molecule has 1 aliphatic heterocycles. The van der Waals surface area contributed by atoms with Gasteiger partial charge in [0, 0.05) is 32.7 Å². The summed E-state index contributed by atoms with van der Waals surface area (Å²) in [4.78, 5) is 4.47. The predicted octanol–water partition coefficient (Wildman–Crippen LogP) is 2.80. The number of halogens is 2. The molecular weight excluding hydrogens is 433 g/mol. The lowest BCUT2D eigenvalue weighted by molar-refractivity contribution is 0.0853. The number of hydrogen-bond acceptors (Lipinski definition) is 5. The molecule has 0 saturated carbocycles. The molecule has 3 rings (SSSR count). The van der Waals surface area contributed by atoms with E-state index in [1.54, 1.807) is 36.4 Å². The van der Waals surface area contributed by atoms with Crippen molar-refractivity contribution in [3.05, 3.63) is 58.6 Å². The summed E-state index contributed by atoms with van der Waals surface area (Å²) in [7, 11) is -1.91. The van der Waals surface area contributed by atoms with E-state index in [0.717, 1.165) is 30.5 Å². The Balaban J connectivity index is 1.89. The SMILES string of the molecule is CN1CCN(CC(O)CN(c2c(Cl)cccc2Cl)S(=O)(=O)c2ccccc2)CC1. The number of piperazine rings is 1. The molecule has 0 aliphatic carbocycles. The molecule has 9 heteroatoms. The highest BCUT2D eigenvalue weighted by molar-refractivity contribution is 7.92. The van der Waals surface area contributed by atoms with Crippen molar-refractivity contribution in [3.8, 4) is 0 Å². The third-order valence-corrected chi connectivity index (χ3v) is 7.35. The number of sulfonamides is 1. The summed E-state index contributed by atoms with van der Waals surface area (Å²) in [5.74, 6) is 0. The van der Waals surface area contributed by atoms with Crippen LogP contribution in [-0.2, 0) is 10.0 Å². The third kappa shape index (κ3) is 5.42. The number of hydrogen-bond donors (Lipinski definition) is 1. The fourth-order valence-corrected chi connectivity index (χ4v) is 5.60. The first-order valence-corrected chi connectivity index (χ1v) is 11.6. The van der Waals surface area contributed by atoms with E-state index in [0.29, 0.717) is 6.54 Å². The fourth-order valence-electron chi connectivity index (χ4n) is 3.33. The minimum absolute atomic E-state index is 0.114. The van der Waals surface area contributed by atoms with Gasteiger partial charge in [0.2, 0.25) is 0 Å². The second kappa shape index (κ2) is 9.64. The molecule has 1 heterocycles. The normalized spacial score (nSPS) is 17.2. The van der Waals surface area contributed by atoms with Crippen molar-refractivity contribution in [1.82, 2.24) is 9.80 Å². The molecule has 0 aromatic heterocycles. The number of nitrogens with zero attached hydrogens (tertiary/aromatic N) is 3. The van der Waals surface area contributed by atoms with Crippen LogP contribution in [0.4, 0.5) is 5.69 Å². The Kier molecular flexibility index (Phi) is 7.42. The first-order valence-electron chi connectivity index (χ1n) is 9.40. The number of β-amino-alcohol motifs (C(OH)–C–C–N with tert-alkyl or cyclic N) is 1. The van der Waals surface area contributed by atoms with Crippen LogP contribution in [0.5, 0.6) is 0 Å². The van der Waals surface area contributed by atoms with Crippen LogP contribution in [0.1, 0.15) is 0 Å². The molecule has 2 aromatic carbocycles. The quantitative estimate of drug-likeness (QED) is 0.692. The van der Waals surface area contributed by atoms with Gasteiger partial charge in [-0.25, -0.2) is 8.42 Å². The van der Waals surface area contributed by atoms with Gasteiger partial charge in [-0.15, -0.1) is 0 Å². The molecule has 1 atom stereocenters. The van der Waals surface area contributed by atoms with Crippen LogP contribution in [-0.4, -0.2) is 75.7 Å². The van der Waals surface area contributed by atoms with E-state index in [1.807, 2.05) is 0 Å². The maximum absolute atomic E-state index is 13.4. The largest absolute Gasteiger partial charge is 0.390 e. The number of anilines is 1. The van der Waals surface area contributed by atoms with Crippen molar-refractivity contribution in [2.75, 3.05) is 50.6 Å². The predicted molar refractivity (Wildman–Crippen MR) is 117 cm³/mol. The van der Waals surface area contributed by atoms with E-state index >= 15 is 0 Å². The van der Waals surface area contributed by atoms with Crippen LogP contribution in [0.3, 0.4) is 0 Å². The average Bonchev–Trinajstić information content (AvgIpc) is 2.69. The monoisotopic (exact) mass is 457 g/mol. The molecule has 1 aliphatic rings. The zero-order chi connectivity index (χ0) is 21.0. The van der Waals surface area contributed by atoms with Gasteiger partial charge in [0.05, 0.1) is 33.3 Å². The summed E-state index contributed by atoms with van der Waals surface area (Å²) in [6.45, 7) is 3.70. The van der Waals surface area contributed by atoms with Gasteiger partial charge in [0.1, 0.15) is 0 Å². The summed E-state index contributed by atoms with van der Waals surface area (Å²) in [6.07, 6.45) is -0.899. The molecule has 0 spiro atoms. The molecule has 1 N–H and O–H groups in total. The molecule has 1 fully saturated rings. The Morgan fingerprint density at radius 2 is 1.59 bits per heavy atom. The van der Waals surface area contributed by atoms with Gasteiger partial charge in [-0.2, -0.15) is 0 Å². The third-order valence-electron chi connectivity index (χ3n) is 4.96. The molecule has 1 unspecified atom stereocenters. The topological polar surface area (TPSA) is 64.1 Å². The van der Waals surface area contributed by atoms with Gasteiger partial charge in [-0.3, -0.25) is 9.21 Å². The van der Waals surface area contributed by atoms with Crippen LogP contribution in [0.15, 0.2) is 53.4 Å². The second-order valence-corrected chi connectivity index (χ2v) is 9.85. The molecule has 0 bridgehead atoms. The number of para-hydroxylation sites is 1. The van der Waals surface area contributed by atoms with E-state index in [-0.39, 0.29) is 27.2 Å². The van der Waals surface area contributed by atoms with Gasteiger partial charge < -0.3 is 10.0 Å². The molecule has 29 heavy (non-hydrogen) atoms. The van der Waals surface area contributed by atoms with Gasteiger partial charge in [-0.05, 0) is 31.3 Å². The summed E-state index contributed by atoms with van der Waals surface area (Å²) in [6, 6.07) is 12.9. The van der Waals surface area contributed by atoms with Crippen molar-refractivity contribution in [3.63, 3.8) is 0 Å². The Hall–Kier alpha value is -1.35. The van der Waals surface area contributed by atoms with Gasteiger partial charge >= 0.3 is 0 Å². The summed E-state index contributed by atoms with van der Waals surface area (Å²) >= 11 is 12.6. The van der Waals surface area contributed by atoms with Crippen molar-refractivity contribution in [2.24, 2.45) is 0 Å². The fraction of sp³-hybridized carbons (Fsp3) is 0.400. The highest BCUT2D eigenvalue weighted by Gasteiger charge is 2.31. The first-order chi connectivity index (χ1) is 13.8. The number of rotatable bonds is 7. The zero-order valence-electron chi connectivity index (χ0n) is 16.2. The molecular formula is C20H25Cl2N3O3S. The van der Waals surface area contributed by atoms with Crippen molar-refractivity contribution < 1.29 is 13.5 Å². The molecule has 2 aromatic rings. The first kappa shape index (κ1) is 22.3. The minimum atomic E-state index is -3.97. The van der Waals surface area contributed by atoms with Gasteiger partial charge in [0.15, 0.2) is 0 Å². The number of aliphatic hydroxyl groups is 1. The summed E-state index contributed by atoms with van der Waals surface area (Å²) in [5.41, 5.74) is 0.178. The van der Waals surface area contributed by atoms with Crippen LogP contribution >= 0.6 is 23.2 Å². The summed E-state index contributed by atoms with van der Waals surface area (Å²) < 4.78 is 27.9. The average molecular weight is 458 g/mol. The standard InChI is InChI=1S/C20H25Cl2N3O3S/c1-23-10-12-24(13-11-23)14-16(26)15-25(20-18(21)8-5-9-19(20)22)29(27,28)17-6-3-2-4-7-17/h2-9,16,26H,10-15H2,1H3. The van der Waals surface area contributed by atoms with Crippen molar-refractivity contribution in [1.29, 1.82) is 0 Å². The van der Waals surface area contributed by atoms with Gasteiger partial charge in [0.25, 0.3) is 10.0 Å². The van der Waals surface area contributed by atoms with E-state index in [1.165, 1.54) is 12.1 Å². The number of likely N-dealkylation sites (N-methyl/N-ethyl adjacent to an activating group) is 1. The van der Waals surface area contributed by atoms with Crippen LogP contribution in [0.25, 0.3) is 0 Å². The Bertz CT molecular complexity index is 900. The van der Waals surface area contributed by atoms with E-state index in [4.69, 9.17) is 23.2 Å². The van der Waals surface area contributed by atoms with Crippen LogP contribution in [0, 0.1) is 0 Å². The van der Waals surface area contributed by atoms with Crippen molar-refractivity contribution in [2.45, 2.75) is 11.0 Å². The molecule has 1 saturated heterocycles. The van der Waals surface area contributed by atoms with Crippen molar-refractivity contribution >= 4 is 38.9 Å². The highest BCUT2D eigenvalue weighted by Crippen LogP contribution is 2.37. The summed E-state index contributed by atoms with van der Waals surface area (Å²) in [5, 5.41) is 11.2. The van der Waals surface area contributed by atoms with Crippen LogP contribution in [0.2, 0.25) is 10.0 Å². The minimum Gasteiger partial charge on any atom is -0.390 e. The lowest BCUT2D eigenvalue weighted by Gasteiger charge is -2.35. The van der Waals surface area contributed by atoms with Crippen LogP contribution < -0.4 is 4.31 Å². The maximum Gasteiger partial charge on any atom is 0.264 e. The second-order valence-electron chi connectivity index (χ2n) is 7.18. The Morgan fingerprint density at radius 3 is 2.17 bits per heavy atom. The lowest BCUT2D eigenvalue weighted by atomic mass is 10.2. The smallest absolute Gasteiger partial charge is 0.264 e. The van der Waals surface area contributed by atoms with Gasteiger partial charge in [-0.1, -0.05) is 47.5 Å². The van der Waals surface area contributed by atoms with E-state index in [9.17, 15) is 13.5 Å². The zero-order valence-corrected chi connectivity index (χ0v) is 18.5. The highest BCUT2D eigenvalue weighted by atomic mass is 35.5. The van der Waals surface area contributed by atoms with E-state index in [2.05, 4.69) is 16.8 Å². The molecule has 158 valence electrons. The maximum atomic E-state index is 13.4. The Morgan fingerprint density at radius 1 is 1.00 bits per heavy atom. The number of aliphatic hydroxyl groups excluding tert-OH is 1. The molecule has 0 amide bonds. The lowest BCUT2D eigenvalue weighted by Crippen LogP contribution is -2.49. The Labute approximate surface area is 182 Å². The molecule has 0 radical (unpaired) electrons.